The first kappa shape index (κ1) is 17.2. The number of fused-ring (bicyclic) bond motifs is 2. The van der Waals surface area contributed by atoms with Crippen LogP contribution in [0, 0.1) is 0 Å². The van der Waals surface area contributed by atoms with E-state index in [0.717, 1.165) is 29.4 Å². The van der Waals surface area contributed by atoms with Gasteiger partial charge in [-0.25, -0.2) is 0 Å². The number of hydrogen-bond acceptors (Lipinski definition) is 3. The topological polar surface area (TPSA) is 46.5 Å². The summed E-state index contributed by atoms with van der Waals surface area (Å²) < 4.78 is 6.86. The Hall–Kier alpha value is -1.65. The fourth-order valence-corrected chi connectivity index (χ4v) is 4.61. The van der Waals surface area contributed by atoms with Crippen molar-refractivity contribution >= 4 is 5.97 Å². The summed E-state index contributed by atoms with van der Waals surface area (Å²) in [6.45, 7) is 4.67. The number of likely N-dealkylation sites (N-methyl/N-ethyl adjacent to an activating group) is 1. The predicted octanol–water partition coefficient (Wildman–Crippen LogP) is 2.63. The van der Waals surface area contributed by atoms with E-state index in [1.54, 1.807) is 0 Å². The number of piperidine rings is 1. The molecule has 0 aromatic heterocycles. The van der Waals surface area contributed by atoms with Crippen molar-refractivity contribution < 1.29 is 19.1 Å². The van der Waals surface area contributed by atoms with Gasteiger partial charge in [0.15, 0.2) is 0 Å². The number of quaternary nitrogens is 1. The van der Waals surface area contributed by atoms with E-state index in [9.17, 15) is 9.90 Å². The van der Waals surface area contributed by atoms with E-state index in [4.69, 9.17) is 4.74 Å². The number of ether oxygens (including phenoxy) is 1. The number of nitrogens with zero attached hydrogens (tertiary/aromatic N) is 1. The van der Waals surface area contributed by atoms with Crippen molar-refractivity contribution in [3.05, 3.63) is 48.6 Å². The molecule has 2 bridgehead atoms. The highest BCUT2D eigenvalue weighted by molar-refractivity contribution is 5.78. The van der Waals surface area contributed by atoms with Gasteiger partial charge in [-0.3, -0.25) is 4.79 Å². The summed E-state index contributed by atoms with van der Waals surface area (Å²) in [5, 5.41) is 9.63. The molecule has 0 aliphatic carbocycles. The number of hydrogen-bond donors (Lipinski definition) is 1. The molecule has 2 heterocycles. The predicted molar refractivity (Wildman–Crippen MR) is 93.4 cm³/mol. The molecule has 2 aliphatic heterocycles. The highest BCUT2D eigenvalue weighted by Gasteiger charge is 2.51. The summed E-state index contributed by atoms with van der Waals surface area (Å²) in [5.41, 5.74) is 0.816. The van der Waals surface area contributed by atoms with Crippen LogP contribution in [-0.4, -0.2) is 53.9 Å². The van der Waals surface area contributed by atoms with Crippen LogP contribution in [-0.2, 0) is 9.53 Å². The number of carbonyl (C=O) groups is 1. The van der Waals surface area contributed by atoms with Gasteiger partial charge < -0.3 is 14.3 Å². The van der Waals surface area contributed by atoms with Crippen LogP contribution in [0.25, 0.3) is 0 Å². The summed E-state index contributed by atoms with van der Waals surface area (Å²) >= 11 is 0. The van der Waals surface area contributed by atoms with Gasteiger partial charge >= 0.3 is 5.97 Å². The first-order valence-electron chi connectivity index (χ1n) is 8.90. The molecule has 0 amide bonds. The van der Waals surface area contributed by atoms with Crippen molar-refractivity contribution in [2.45, 2.75) is 49.8 Å². The zero-order chi connectivity index (χ0) is 17.2. The largest absolute Gasteiger partial charge is 0.461 e. The number of rotatable bonds is 6. The minimum absolute atomic E-state index is 0.0243. The Bertz CT molecular complexity index is 572. The van der Waals surface area contributed by atoms with Gasteiger partial charge in [-0.2, -0.15) is 0 Å². The summed E-state index contributed by atoms with van der Waals surface area (Å²) in [6.07, 6.45) is 6.22. The SMILES string of the molecule is C=CC[N+]1(C)[C@@H]2CC[C@H]1C[C@@H](OC(=O)C(CO)c1ccccc1)C2. The van der Waals surface area contributed by atoms with E-state index in [1.165, 1.54) is 12.8 Å². The van der Waals surface area contributed by atoms with Gasteiger partial charge in [-0.1, -0.05) is 36.9 Å². The van der Waals surface area contributed by atoms with Crippen molar-refractivity contribution in [2.24, 2.45) is 0 Å². The zero-order valence-corrected chi connectivity index (χ0v) is 14.4. The van der Waals surface area contributed by atoms with Crippen LogP contribution < -0.4 is 0 Å². The molecule has 5 atom stereocenters. The van der Waals surface area contributed by atoms with Crippen molar-refractivity contribution in [1.29, 1.82) is 0 Å². The number of carbonyl (C=O) groups excluding carboxylic acids is 1. The van der Waals surface area contributed by atoms with Crippen molar-refractivity contribution in [2.75, 3.05) is 20.2 Å². The Kier molecular flexibility index (Phi) is 5.07. The molecule has 0 spiro atoms. The number of aliphatic hydroxyl groups is 1. The average molecular weight is 330 g/mol. The van der Waals surface area contributed by atoms with Gasteiger partial charge in [0.2, 0.25) is 0 Å². The minimum Gasteiger partial charge on any atom is -0.461 e. The van der Waals surface area contributed by atoms with E-state index in [-0.39, 0.29) is 18.7 Å². The van der Waals surface area contributed by atoms with E-state index in [2.05, 4.69) is 13.6 Å². The lowest BCUT2D eigenvalue weighted by molar-refractivity contribution is -0.944. The van der Waals surface area contributed by atoms with Gasteiger partial charge in [-0.05, 0) is 11.6 Å². The van der Waals surface area contributed by atoms with E-state index < -0.39 is 5.92 Å². The van der Waals surface area contributed by atoms with Gasteiger partial charge in [0.05, 0.1) is 32.3 Å². The van der Waals surface area contributed by atoms with Gasteiger partial charge in [0, 0.05) is 25.7 Å². The number of esters is 1. The fraction of sp³-hybridized carbons (Fsp3) is 0.550. The van der Waals surface area contributed by atoms with Gasteiger partial charge in [0.1, 0.15) is 12.0 Å². The highest BCUT2D eigenvalue weighted by atomic mass is 16.5. The van der Waals surface area contributed by atoms with Crippen LogP contribution >= 0.6 is 0 Å². The molecule has 2 saturated heterocycles. The first-order valence-corrected chi connectivity index (χ1v) is 8.90. The van der Waals surface area contributed by atoms with Crippen LogP contribution in [0.1, 0.15) is 37.2 Å². The highest BCUT2D eigenvalue weighted by Crippen LogP contribution is 2.42. The molecule has 2 unspecified atom stereocenters. The first-order chi connectivity index (χ1) is 11.6. The number of aliphatic hydroxyl groups excluding tert-OH is 1. The van der Waals surface area contributed by atoms with Crippen LogP contribution in [0.3, 0.4) is 0 Å². The molecule has 4 heteroatoms. The molecular weight excluding hydrogens is 302 g/mol. The second-order valence-electron chi connectivity index (χ2n) is 7.38. The smallest absolute Gasteiger partial charge is 0.316 e. The lowest BCUT2D eigenvalue weighted by Crippen LogP contribution is -2.59. The van der Waals surface area contributed by atoms with Crippen molar-refractivity contribution in [3.8, 4) is 0 Å². The lowest BCUT2D eigenvalue weighted by atomic mass is 9.95. The summed E-state index contributed by atoms with van der Waals surface area (Å²) in [7, 11) is 2.31. The average Bonchev–Trinajstić information content (AvgIpc) is 2.75. The molecule has 0 saturated carbocycles. The molecule has 1 N–H and O–H groups in total. The third-order valence-electron chi connectivity index (χ3n) is 6.05. The quantitative estimate of drug-likeness (QED) is 0.495. The third-order valence-corrected chi connectivity index (χ3v) is 6.05. The molecule has 0 radical (unpaired) electrons. The maximum atomic E-state index is 12.6. The van der Waals surface area contributed by atoms with Crippen LogP contribution in [0.4, 0.5) is 0 Å². The summed E-state index contributed by atoms with van der Waals surface area (Å²) in [4.78, 5) is 12.6. The molecule has 4 nitrogen and oxygen atoms in total. The molecular formula is C20H28NO3+. The maximum absolute atomic E-state index is 12.6. The Morgan fingerprint density at radius 2 is 1.96 bits per heavy atom. The Balaban J connectivity index is 1.65. The molecule has 130 valence electrons. The standard InChI is InChI=1S/C20H28NO3/c1-3-11-21(2)16-9-10-17(21)13-18(12-16)24-20(23)19(14-22)15-7-5-4-6-8-15/h3-8,16-19,22H,1,9-14H2,2H3/q+1/t16-,17+,18+,19?,21?. The summed E-state index contributed by atoms with van der Waals surface area (Å²) in [5.74, 6) is -0.882. The zero-order valence-electron chi connectivity index (χ0n) is 14.4. The molecule has 3 rings (SSSR count). The van der Waals surface area contributed by atoms with Gasteiger partial charge in [-0.15, -0.1) is 0 Å². The van der Waals surface area contributed by atoms with E-state index in [1.807, 2.05) is 36.4 Å². The lowest BCUT2D eigenvalue weighted by Gasteiger charge is -2.46. The van der Waals surface area contributed by atoms with Gasteiger partial charge in [0.25, 0.3) is 0 Å². The normalized spacial score (nSPS) is 33.0. The Morgan fingerprint density at radius 3 is 2.50 bits per heavy atom. The monoisotopic (exact) mass is 330 g/mol. The third kappa shape index (κ3) is 3.13. The molecule has 1 aromatic rings. The molecule has 2 aliphatic rings. The fourth-order valence-electron chi connectivity index (χ4n) is 4.61. The van der Waals surface area contributed by atoms with Crippen LogP contribution in [0.5, 0.6) is 0 Å². The Morgan fingerprint density at radius 1 is 1.33 bits per heavy atom. The Labute approximate surface area is 144 Å². The van der Waals surface area contributed by atoms with Crippen LogP contribution in [0.2, 0.25) is 0 Å². The minimum atomic E-state index is -0.583. The second-order valence-corrected chi connectivity index (χ2v) is 7.38. The van der Waals surface area contributed by atoms with Crippen molar-refractivity contribution in [3.63, 3.8) is 0 Å². The molecule has 1 aromatic carbocycles. The van der Waals surface area contributed by atoms with E-state index >= 15 is 0 Å². The maximum Gasteiger partial charge on any atom is 0.316 e. The molecule has 24 heavy (non-hydrogen) atoms. The van der Waals surface area contributed by atoms with Crippen LogP contribution in [0.15, 0.2) is 43.0 Å². The number of benzene rings is 1. The van der Waals surface area contributed by atoms with Crippen molar-refractivity contribution in [1.82, 2.24) is 0 Å². The second kappa shape index (κ2) is 7.08. The molecule has 2 fully saturated rings. The summed E-state index contributed by atoms with van der Waals surface area (Å²) in [6, 6.07) is 10.5. The van der Waals surface area contributed by atoms with E-state index in [0.29, 0.717) is 12.1 Å².